The number of hydrazone groups is 1. The number of hydrogen-bond acceptors (Lipinski definition) is 12. The van der Waals surface area contributed by atoms with Crippen LogP contribution in [0.5, 0.6) is 0 Å². The molecule has 5 aromatic rings. The first-order valence-electron chi connectivity index (χ1n) is 19.1. The molecule has 17 nitrogen and oxygen atoms in total. The van der Waals surface area contributed by atoms with Crippen LogP contribution in [0.25, 0.3) is 0 Å². The summed E-state index contributed by atoms with van der Waals surface area (Å²) < 4.78 is 121. The summed E-state index contributed by atoms with van der Waals surface area (Å²) >= 11 is 21.1. The Morgan fingerprint density at radius 2 is 1.55 bits per heavy atom. The predicted molar refractivity (Wildman–Crippen MR) is 263 cm³/mol. The first kappa shape index (κ1) is 59.9. The van der Waals surface area contributed by atoms with Crippen molar-refractivity contribution in [2.45, 2.75) is 50.9 Å². The fraction of sp³-hybridized carbons (Fsp3) is 0.275. The number of carbonyl (C=O) groups excluding carboxylic acids is 3. The van der Waals surface area contributed by atoms with Gasteiger partial charge in [0.1, 0.15) is 30.9 Å². The van der Waals surface area contributed by atoms with E-state index < -0.39 is 67.5 Å². The topological polar surface area (TPSA) is 251 Å². The van der Waals surface area contributed by atoms with E-state index in [0.717, 1.165) is 29.6 Å². The molecule has 0 saturated heterocycles. The smallest absolute Gasteiger partial charge is 0.354 e. The molecule has 0 bridgehead atoms. The maximum Gasteiger partial charge on any atom is 0.435 e. The second-order valence-corrected chi connectivity index (χ2v) is 21.3. The quantitative estimate of drug-likeness (QED) is 0.0195. The van der Waals surface area contributed by atoms with Crippen LogP contribution in [0, 0.1) is 31.9 Å². The Morgan fingerprint density at radius 3 is 2.06 bits per heavy atom. The molecule has 5 N–H and O–H groups in total. The first-order valence-corrected chi connectivity index (χ1v) is 25.0. The molecule has 0 atom stereocenters. The fourth-order valence-electron chi connectivity index (χ4n) is 5.76. The zero-order chi connectivity index (χ0) is 53.9. The molecule has 0 fully saturated rings. The number of thiazole rings is 1. The molecule has 0 aliphatic heterocycles. The Balaban J connectivity index is 0.000000330. The lowest BCUT2D eigenvalue weighted by molar-refractivity contribution is -0.485. The van der Waals surface area contributed by atoms with Gasteiger partial charge >= 0.3 is 18.0 Å². The van der Waals surface area contributed by atoms with Crippen LogP contribution in [0.3, 0.4) is 0 Å². The molecule has 2 heterocycles. The van der Waals surface area contributed by atoms with Gasteiger partial charge in [-0.25, -0.2) is 27.9 Å². The lowest BCUT2D eigenvalue weighted by Crippen LogP contribution is -2.50. The number of sulfone groups is 1. The summed E-state index contributed by atoms with van der Waals surface area (Å²) in [5.74, 6) is -2.49. The maximum atomic E-state index is 14.4. The molecule has 0 unspecified atom stereocenters. The number of hydrogen-bond donors (Lipinski definition) is 5. The number of amides is 3. The third-order valence-electron chi connectivity index (χ3n) is 8.69. The highest BCUT2D eigenvalue weighted by Crippen LogP contribution is 2.53. The normalized spacial score (nSPS) is 12.0. The van der Waals surface area contributed by atoms with Crippen LogP contribution < -0.4 is 26.6 Å². The Kier molecular flexibility index (Phi) is 20.9. The van der Waals surface area contributed by atoms with Crippen molar-refractivity contribution in [2.24, 2.45) is 5.10 Å². The first-order chi connectivity index (χ1) is 32.7. The van der Waals surface area contributed by atoms with Gasteiger partial charge in [-0.1, -0.05) is 65.1 Å². The van der Waals surface area contributed by atoms with Crippen LogP contribution in [0.2, 0.25) is 14.6 Å². The molecule has 0 aliphatic carbocycles. The number of nitro groups is 1. The number of nitrogens with one attached hydrogen (secondary N) is 5. The molecular weight excluding hydrogens is 1190 g/mol. The standard InChI is InChI=1S/C23H22F7IN2O4S.C11H5Cl2N3OS.C6H8ClN5O2S/c1-12-10-13(21(24,22(25,26)27)23(28,29)30)8-9-16(12)32-18(34)14-6-5-7-15(31)17(14)19(35)33-20(2,3)11-38(4,36)37;12-8-9(18-16-10(8)13)11(17)15-7-4-2-1-3-6(7)5-14;1-8-6(11-12(13)14)10-3-4-2-9-5(7)15-4/h5-10H,11H2,1-4H3,(H,32,34)(H,33,35);1-4H,(H,15,17);2H,3H2,1H3,(H2,8,10,11). The van der Waals surface area contributed by atoms with E-state index in [4.69, 9.17) is 40.1 Å². The van der Waals surface area contributed by atoms with Crippen molar-refractivity contribution in [3.8, 4) is 6.07 Å². The van der Waals surface area contributed by atoms with Gasteiger partial charge in [0, 0.05) is 44.7 Å². The van der Waals surface area contributed by atoms with Gasteiger partial charge in [-0.15, -0.1) is 11.3 Å². The number of para-hydroxylation sites is 1. The summed E-state index contributed by atoms with van der Waals surface area (Å²) in [7, 11) is -1.95. The van der Waals surface area contributed by atoms with E-state index in [1.165, 1.54) is 50.4 Å². The van der Waals surface area contributed by atoms with E-state index in [-0.39, 0.29) is 49.5 Å². The van der Waals surface area contributed by atoms with Gasteiger partial charge in [-0.3, -0.25) is 14.4 Å². The van der Waals surface area contributed by atoms with Crippen molar-refractivity contribution in [1.82, 2.24) is 25.3 Å². The molecule has 0 aliphatic rings. The SMILES string of the molecule is CN/C(=N\[N+](=O)[O-])NCc1cnc(Cl)s1.Cc1cc(C(F)(C(F)(F)F)C(F)(F)F)ccc1NC(=O)c1cccc(I)c1C(=O)NC(C)(C)CS(C)(=O)=O.N#Cc1ccccc1NC(=O)c1snc(Cl)c1Cl. The Hall–Kier alpha value is -5.45. The van der Waals surface area contributed by atoms with E-state index in [1.54, 1.807) is 53.1 Å². The lowest BCUT2D eigenvalue weighted by atomic mass is 9.92. The van der Waals surface area contributed by atoms with Gasteiger partial charge in [0.15, 0.2) is 14.7 Å². The van der Waals surface area contributed by atoms with E-state index in [9.17, 15) is 63.6 Å². The Bertz CT molecular complexity index is 2960. The summed E-state index contributed by atoms with van der Waals surface area (Å²) in [6.45, 7) is 4.37. The summed E-state index contributed by atoms with van der Waals surface area (Å²) in [5, 5.41) is 34.3. The Morgan fingerprint density at radius 1 is 0.930 bits per heavy atom. The van der Waals surface area contributed by atoms with Crippen LogP contribution in [-0.2, 0) is 22.1 Å². The van der Waals surface area contributed by atoms with Crippen LogP contribution in [0.1, 0.15) is 65.8 Å². The van der Waals surface area contributed by atoms with Crippen LogP contribution >= 0.6 is 80.3 Å². The van der Waals surface area contributed by atoms with E-state index >= 15 is 0 Å². The molecule has 0 radical (unpaired) electrons. The maximum absolute atomic E-state index is 14.4. The summed E-state index contributed by atoms with van der Waals surface area (Å²) in [4.78, 5) is 53.0. The van der Waals surface area contributed by atoms with Crippen LogP contribution in [0.15, 0.2) is 72.0 Å². The number of aromatic nitrogens is 2. The number of alkyl halides is 7. The number of nitrogens with zero attached hydrogens (tertiary/aromatic N) is 5. The van der Waals surface area contributed by atoms with Gasteiger partial charge in [-0.2, -0.15) is 36.0 Å². The zero-order valence-electron chi connectivity index (χ0n) is 36.7. The number of rotatable bonds is 12. The number of aryl methyl sites for hydroxylation is 1. The Labute approximate surface area is 435 Å². The summed E-state index contributed by atoms with van der Waals surface area (Å²) in [5.41, 5.74) is -8.66. The molecule has 0 spiro atoms. The summed E-state index contributed by atoms with van der Waals surface area (Å²) in [6.07, 6.45) is -10.0. The number of anilines is 2. The van der Waals surface area contributed by atoms with Crippen LogP contribution in [-0.4, -0.2) is 83.4 Å². The third kappa shape index (κ3) is 16.8. The monoisotopic (exact) mass is 1230 g/mol. The predicted octanol–water partition coefficient (Wildman–Crippen LogP) is 9.92. The van der Waals surface area contributed by atoms with Gasteiger partial charge in [0.05, 0.1) is 34.7 Å². The van der Waals surface area contributed by atoms with Gasteiger partial charge < -0.3 is 26.6 Å². The van der Waals surface area contributed by atoms with E-state index in [2.05, 4.69) is 41.0 Å². The van der Waals surface area contributed by atoms with Crippen molar-refractivity contribution in [1.29, 1.82) is 5.26 Å². The lowest BCUT2D eigenvalue weighted by Gasteiger charge is -2.30. The fourth-order valence-corrected chi connectivity index (χ4v) is 9.92. The highest BCUT2D eigenvalue weighted by atomic mass is 127. The van der Waals surface area contributed by atoms with Gasteiger partial charge in [0.25, 0.3) is 23.7 Å². The average molecular weight is 1230 g/mol. The molecule has 31 heteroatoms. The van der Waals surface area contributed by atoms with Crippen molar-refractivity contribution < 1.29 is 58.6 Å². The van der Waals surface area contributed by atoms with Crippen molar-refractivity contribution in [2.75, 3.05) is 29.7 Å². The molecule has 5 rings (SSSR count). The number of carbonyl (C=O) groups is 3. The molecule has 0 saturated carbocycles. The van der Waals surface area contributed by atoms with Crippen molar-refractivity contribution in [3.63, 3.8) is 0 Å². The molecule has 2 aromatic heterocycles. The molecule has 3 amide bonds. The minimum atomic E-state index is -6.30. The van der Waals surface area contributed by atoms with Crippen molar-refractivity contribution in [3.05, 3.63) is 133 Å². The van der Waals surface area contributed by atoms with E-state index in [1.807, 2.05) is 6.07 Å². The minimum Gasteiger partial charge on any atom is -0.354 e. The average Bonchev–Trinajstić information content (AvgIpc) is 3.83. The molecule has 382 valence electrons. The van der Waals surface area contributed by atoms with E-state index in [0.29, 0.717) is 38.0 Å². The molecule has 71 heavy (non-hydrogen) atoms. The number of guanidine groups is 1. The second kappa shape index (κ2) is 24.8. The number of benzene rings is 3. The number of nitriles is 1. The van der Waals surface area contributed by atoms with Gasteiger partial charge in [0.2, 0.25) is 0 Å². The molecule has 3 aromatic carbocycles. The zero-order valence-corrected chi connectivity index (χ0v) is 43.6. The number of halogens is 11. The second-order valence-electron chi connectivity index (χ2n) is 14.8. The van der Waals surface area contributed by atoms with Crippen molar-refractivity contribution >= 4 is 125 Å². The summed E-state index contributed by atoms with van der Waals surface area (Å²) in [6, 6.07) is 14.1. The molecular formula is C40H35Cl3F7IN10O7S3. The largest absolute Gasteiger partial charge is 0.435 e. The van der Waals surface area contributed by atoms with Crippen LogP contribution in [0.4, 0.5) is 42.1 Å². The highest BCUT2D eigenvalue weighted by molar-refractivity contribution is 14.1. The third-order valence-corrected chi connectivity index (χ3v) is 13.7. The van der Waals surface area contributed by atoms with Gasteiger partial charge in [-0.05, 0) is 90.8 Å². The highest BCUT2D eigenvalue weighted by Gasteiger charge is 2.73. The minimum absolute atomic E-state index is 0.0875.